The largest absolute Gasteiger partial charge is 0.488 e. The Bertz CT molecular complexity index is 651. The standard InChI is InChI=1S/C14H17N5O2/c1-14(2)6-5-10-7-9(3-4-11(10)21-14)8-12(20)15-13-16-18-19-17-13/h3-4,7H,5-6,8H2,1-2H3,(H2,15,16,17,18,19,20). The molecule has 0 radical (unpaired) electrons. The number of nitrogens with one attached hydrogen (secondary N) is 2. The summed E-state index contributed by atoms with van der Waals surface area (Å²) in [5, 5.41) is 15.6. The van der Waals surface area contributed by atoms with E-state index in [9.17, 15) is 4.79 Å². The van der Waals surface area contributed by atoms with Crippen LogP contribution in [0, 0.1) is 0 Å². The number of ether oxygens (including phenoxy) is 1. The molecule has 0 saturated heterocycles. The van der Waals surface area contributed by atoms with Crippen molar-refractivity contribution in [1.29, 1.82) is 0 Å². The van der Waals surface area contributed by atoms with Crippen molar-refractivity contribution in [3.05, 3.63) is 29.3 Å². The van der Waals surface area contributed by atoms with E-state index in [-0.39, 0.29) is 23.9 Å². The van der Waals surface area contributed by atoms with Crippen molar-refractivity contribution in [3.63, 3.8) is 0 Å². The van der Waals surface area contributed by atoms with Crippen LogP contribution in [0.15, 0.2) is 18.2 Å². The molecular formula is C14H17N5O2. The van der Waals surface area contributed by atoms with Gasteiger partial charge in [0.15, 0.2) is 0 Å². The predicted octanol–water partition coefficient (Wildman–Crippen LogP) is 1.48. The summed E-state index contributed by atoms with van der Waals surface area (Å²) >= 11 is 0. The number of aromatic amines is 1. The number of amides is 1. The summed E-state index contributed by atoms with van der Waals surface area (Å²) in [6, 6.07) is 5.88. The Morgan fingerprint density at radius 1 is 1.48 bits per heavy atom. The number of anilines is 1. The highest BCUT2D eigenvalue weighted by molar-refractivity contribution is 5.90. The zero-order valence-electron chi connectivity index (χ0n) is 12.0. The molecule has 1 aliphatic heterocycles. The second-order valence-electron chi connectivity index (χ2n) is 5.76. The van der Waals surface area contributed by atoms with Crippen LogP contribution in [-0.2, 0) is 17.6 Å². The molecule has 0 aliphatic carbocycles. The third-order valence-corrected chi connectivity index (χ3v) is 3.47. The van der Waals surface area contributed by atoms with Crippen molar-refractivity contribution in [3.8, 4) is 5.75 Å². The Labute approximate surface area is 122 Å². The average molecular weight is 287 g/mol. The van der Waals surface area contributed by atoms with E-state index in [1.165, 1.54) is 0 Å². The van der Waals surface area contributed by atoms with Gasteiger partial charge in [-0.3, -0.25) is 10.1 Å². The van der Waals surface area contributed by atoms with Gasteiger partial charge in [0, 0.05) is 0 Å². The van der Waals surface area contributed by atoms with E-state index >= 15 is 0 Å². The summed E-state index contributed by atoms with van der Waals surface area (Å²) in [6.07, 6.45) is 2.20. The molecule has 1 aromatic heterocycles. The maximum atomic E-state index is 11.9. The quantitative estimate of drug-likeness (QED) is 0.892. The van der Waals surface area contributed by atoms with Crippen LogP contribution in [0.3, 0.4) is 0 Å². The number of hydrogen-bond acceptors (Lipinski definition) is 5. The molecule has 0 bridgehead atoms. The third-order valence-electron chi connectivity index (χ3n) is 3.47. The highest BCUT2D eigenvalue weighted by Crippen LogP contribution is 2.33. The van der Waals surface area contributed by atoms with Gasteiger partial charge in [-0.1, -0.05) is 17.2 Å². The minimum Gasteiger partial charge on any atom is -0.488 e. The lowest BCUT2D eigenvalue weighted by molar-refractivity contribution is -0.115. The van der Waals surface area contributed by atoms with E-state index in [0.717, 1.165) is 29.7 Å². The summed E-state index contributed by atoms with van der Waals surface area (Å²) in [5.41, 5.74) is 1.97. The molecule has 21 heavy (non-hydrogen) atoms. The first kappa shape index (κ1) is 13.5. The fraction of sp³-hybridized carbons (Fsp3) is 0.429. The van der Waals surface area contributed by atoms with E-state index in [1.807, 2.05) is 18.2 Å². The Morgan fingerprint density at radius 2 is 2.33 bits per heavy atom. The number of tetrazole rings is 1. The Kier molecular flexibility index (Phi) is 3.32. The van der Waals surface area contributed by atoms with Crippen molar-refractivity contribution in [2.45, 2.75) is 38.7 Å². The third kappa shape index (κ3) is 3.18. The number of benzene rings is 1. The number of H-pyrrole nitrogens is 1. The van der Waals surface area contributed by atoms with Crippen molar-refractivity contribution in [2.24, 2.45) is 0 Å². The zero-order valence-corrected chi connectivity index (χ0v) is 12.0. The number of hydrogen-bond donors (Lipinski definition) is 2. The first-order chi connectivity index (χ1) is 10.0. The highest BCUT2D eigenvalue weighted by atomic mass is 16.5. The van der Waals surface area contributed by atoms with Crippen LogP contribution in [0.1, 0.15) is 31.4 Å². The summed E-state index contributed by atoms with van der Waals surface area (Å²) in [6.45, 7) is 4.17. The number of aromatic nitrogens is 4. The molecule has 110 valence electrons. The van der Waals surface area contributed by atoms with E-state index in [0.29, 0.717) is 0 Å². The lowest BCUT2D eigenvalue weighted by Gasteiger charge is -2.32. The monoisotopic (exact) mass is 287 g/mol. The Hall–Kier alpha value is -2.44. The second-order valence-corrected chi connectivity index (χ2v) is 5.76. The lowest BCUT2D eigenvalue weighted by Crippen LogP contribution is -2.32. The van der Waals surface area contributed by atoms with Gasteiger partial charge in [-0.2, -0.15) is 5.21 Å². The van der Waals surface area contributed by atoms with Gasteiger partial charge in [0.2, 0.25) is 5.91 Å². The summed E-state index contributed by atoms with van der Waals surface area (Å²) in [4.78, 5) is 11.9. The minimum atomic E-state index is -0.173. The number of nitrogens with zero attached hydrogens (tertiary/aromatic N) is 3. The highest BCUT2D eigenvalue weighted by Gasteiger charge is 2.26. The van der Waals surface area contributed by atoms with Crippen molar-refractivity contribution in [1.82, 2.24) is 20.6 Å². The molecule has 1 aromatic carbocycles. The van der Waals surface area contributed by atoms with Gasteiger partial charge in [0.05, 0.1) is 6.42 Å². The van der Waals surface area contributed by atoms with E-state index in [1.54, 1.807) is 0 Å². The number of rotatable bonds is 3. The molecule has 0 unspecified atom stereocenters. The van der Waals surface area contributed by atoms with Gasteiger partial charge in [-0.25, -0.2) is 0 Å². The average Bonchev–Trinajstić information content (AvgIpc) is 2.91. The molecule has 0 fully saturated rings. The molecule has 1 amide bonds. The van der Waals surface area contributed by atoms with Crippen LogP contribution in [0.4, 0.5) is 5.95 Å². The van der Waals surface area contributed by atoms with Gasteiger partial charge in [0.1, 0.15) is 11.4 Å². The van der Waals surface area contributed by atoms with Gasteiger partial charge in [-0.15, -0.1) is 5.10 Å². The maximum absolute atomic E-state index is 11.9. The van der Waals surface area contributed by atoms with Crippen LogP contribution >= 0.6 is 0 Å². The van der Waals surface area contributed by atoms with Crippen LogP contribution in [-0.4, -0.2) is 32.1 Å². The predicted molar refractivity (Wildman–Crippen MR) is 76.0 cm³/mol. The molecule has 2 aromatic rings. The number of fused-ring (bicyclic) bond motifs is 1. The van der Waals surface area contributed by atoms with Gasteiger partial charge in [0.25, 0.3) is 5.95 Å². The molecule has 2 heterocycles. The van der Waals surface area contributed by atoms with Crippen LogP contribution in [0.5, 0.6) is 5.75 Å². The lowest BCUT2D eigenvalue weighted by atomic mass is 9.93. The fourth-order valence-electron chi connectivity index (χ4n) is 2.39. The molecule has 0 spiro atoms. The normalized spacial score (nSPS) is 15.9. The second kappa shape index (κ2) is 5.16. The molecule has 0 saturated carbocycles. The SMILES string of the molecule is CC1(C)CCc2cc(CC(=O)Nc3nn[nH]n3)ccc2O1. The summed E-state index contributed by atoms with van der Waals surface area (Å²) in [7, 11) is 0. The molecule has 3 rings (SSSR count). The molecule has 2 N–H and O–H groups in total. The van der Waals surface area contributed by atoms with Crippen LogP contribution < -0.4 is 10.1 Å². The Balaban J connectivity index is 1.68. The first-order valence-corrected chi connectivity index (χ1v) is 6.86. The Morgan fingerprint density at radius 3 is 3.10 bits per heavy atom. The maximum Gasteiger partial charge on any atom is 0.269 e. The van der Waals surface area contributed by atoms with Crippen molar-refractivity contribution < 1.29 is 9.53 Å². The van der Waals surface area contributed by atoms with E-state index < -0.39 is 0 Å². The van der Waals surface area contributed by atoms with Crippen LogP contribution in [0.2, 0.25) is 0 Å². The number of carbonyl (C=O) groups is 1. The molecular weight excluding hydrogens is 270 g/mol. The topological polar surface area (TPSA) is 92.8 Å². The van der Waals surface area contributed by atoms with Gasteiger partial charge in [-0.05, 0) is 49.1 Å². The van der Waals surface area contributed by atoms with Gasteiger partial charge >= 0.3 is 0 Å². The van der Waals surface area contributed by atoms with Crippen molar-refractivity contribution >= 4 is 11.9 Å². The fourth-order valence-corrected chi connectivity index (χ4v) is 2.39. The molecule has 7 heteroatoms. The van der Waals surface area contributed by atoms with E-state index in [2.05, 4.69) is 39.8 Å². The molecule has 7 nitrogen and oxygen atoms in total. The molecule has 1 aliphatic rings. The first-order valence-electron chi connectivity index (χ1n) is 6.86. The number of carbonyl (C=O) groups excluding carboxylic acids is 1. The summed E-state index contributed by atoms with van der Waals surface area (Å²) < 4.78 is 5.93. The van der Waals surface area contributed by atoms with Crippen molar-refractivity contribution in [2.75, 3.05) is 5.32 Å². The zero-order chi connectivity index (χ0) is 14.9. The van der Waals surface area contributed by atoms with E-state index in [4.69, 9.17) is 4.74 Å². The smallest absolute Gasteiger partial charge is 0.269 e. The van der Waals surface area contributed by atoms with Crippen LogP contribution in [0.25, 0.3) is 0 Å². The molecule has 0 atom stereocenters. The summed E-state index contributed by atoms with van der Waals surface area (Å²) in [5.74, 6) is 0.921. The number of aryl methyl sites for hydroxylation is 1. The van der Waals surface area contributed by atoms with Gasteiger partial charge < -0.3 is 4.74 Å². The minimum absolute atomic E-state index is 0.121.